The summed E-state index contributed by atoms with van der Waals surface area (Å²) < 4.78 is 8.63. The first-order valence-corrected chi connectivity index (χ1v) is 13.1. The molecule has 0 N–H and O–H groups in total. The Bertz CT molecular complexity index is 902. The zero-order valence-corrected chi connectivity index (χ0v) is 20.3. The summed E-state index contributed by atoms with van der Waals surface area (Å²) in [5, 5.41) is 0. The summed E-state index contributed by atoms with van der Waals surface area (Å²) in [7, 11) is 2.21. The highest BCUT2D eigenvalue weighted by atomic mass is 32.2. The number of para-hydroxylation sites is 1. The number of benzene rings is 2. The second kappa shape index (κ2) is 9.88. The van der Waals surface area contributed by atoms with Gasteiger partial charge in [0.05, 0.1) is 20.9 Å². The summed E-state index contributed by atoms with van der Waals surface area (Å²) in [5.74, 6) is 0.889. The Morgan fingerprint density at radius 1 is 1.26 bits per heavy atom. The molecular weight excluding hydrogens is 424 g/mol. The molecule has 0 bridgehead atoms. The number of ether oxygens (including phenoxy) is 1. The van der Waals surface area contributed by atoms with Gasteiger partial charge >= 0.3 is 0 Å². The van der Waals surface area contributed by atoms with Gasteiger partial charge in [0.2, 0.25) is 0 Å². The van der Waals surface area contributed by atoms with Crippen LogP contribution in [-0.4, -0.2) is 43.1 Å². The van der Waals surface area contributed by atoms with Crippen LogP contribution in [0.1, 0.15) is 39.0 Å². The van der Waals surface area contributed by atoms with Crippen molar-refractivity contribution in [3.63, 3.8) is 0 Å². The molecular formula is C25H32N2O2S2. The Morgan fingerprint density at radius 2 is 2.03 bits per heavy atom. The summed E-state index contributed by atoms with van der Waals surface area (Å²) in [6.45, 7) is 3.70. The van der Waals surface area contributed by atoms with Crippen LogP contribution >= 0.6 is 23.7 Å². The van der Waals surface area contributed by atoms with E-state index >= 15 is 0 Å². The van der Waals surface area contributed by atoms with Crippen LogP contribution in [0.15, 0.2) is 52.3 Å². The van der Waals surface area contributed by atoms with E-state index in [0.717, 1.165) is 36.3 Å². The quantitative estimate of drug-likeness (QED) is 0.246. The van der Waals surface area contributed by atoms with E-state index in [1.165, 1.54) is 35.5 Å². The van der Waals surface area contributed by atoms with E-state index in [-0.39, 0.29) is 5.41 Å². The molecule has 0 saturated heterocycles. The monoisotopic (exact) mass is 456 g/mol. The number of hydrogen-bond donors (Lipinski definition) is 0. The standard InChI is InChI=1S/C25H32N2O2S2/c1-4-5-9-20-16-27(19-10-7-6-8-11-19)21-14-24(30-3)22(15-23(21)31-26(20)2)29-18-25(17-28)12-13-25/h6-8,10-11,14-15,17,20H,4-5,9,12-13,16,18H2,1-3H3. The highest BCUT2D eigenvalue weighted by molar-refractivity contribution is 7.98. The molecule has 1 atom stereocenters. The first kappa shape index (κ1) is 22.6. The Labute approximate surface area is 194 Å². The molecule has 2 aromatic carbocycles. The maximum atomic E-state index is 11.4. The molecule has 0 radical (unpaired) electrons. The number of hydrogen-bond acceptors (Lipinski definition) is 6. The van der Waals surface area contributed by atoms with Gasteiger partial charge in [-0.05, 0) is 68.8 Å². The average molecular weight is 457 g/mol. The molecule has 1 aliphatic carbocycles. The third-order valence-electron chi connectivity index (χ3n) is 6.30. The van der Waals surface area contributed by atoms with Crippen molar-refractivity contribution < 1.29 is 9.53 Å². The van der Waals surface area contributed by atoms with Crippen LogP contribution in [0.3, 0.4) is 0 Å². The molecule has 4 nitrogen and oxygen atoms in total. The summed E-state index contributed by atoms with van der Waals surface area (Å²) in [6.07, 6.45) is 8.66. The largest absolute Gasteiger partial charge is 0.491 e. The van der Waals surface area contributed by atoms with E-state index in [0.29, 0.717) is 12.6 Å². The average Bonchev–Trinajstić information content (AvgIpc) is 3.60. The molecule has 31 heavy (non-hydrogen) atoms. The minimum absolute atomic E-state index is 0.256. The van der Waals surface area contributed by atoms with Gasteiger partial charge in [0.15, 0.2) is 0 Å². The van der Waals surface area contributed by atoms with Crippen molar-refractivity contribution in [3.8, 4) is 5.75 Å². The van der Waals surface area contributed by atoms with Gasteiger partial charge in [-0.15, -0.1) is 11.8 Å². The number of rotatable bonds is 9. The Morgan fingerprint density at radius 3 is 2.68 bits per heavy atom. The number of fused-ring (bicyclic) bond motifs is 1. The van der Waals surface area contributed by atoms with E-state index in [9.17, 15) is 4.79 Å². The molecule has 0 aromatic heterocycles. The molecule has 4 rings (SSSR count). The van der Waals surface area contributed by atoms with E-state index in [4.69, 9.17) is 4.74 Å². The van der Waals surface area contributed by atoms with Gasteiger partial charge in [-0.1, -0.05) is 38.0 Å². The summed E-state index contributed by atoms with van der Waals surface area (Å²) >= 11 is 3.51. The number of nitrogens with zero attached hydrogens (tertiary/aromatic N) is 2. The fourth-order valence-electron chi connectivity index (χ4n) is 3.98. The van der Waals surface area contributed by atoms with E-state index in [1.54, 1.807) is 11.8 Å². The lowest BCUT2D eigenvalue weighted by Gasteiger charge is -2.30. The Balaban J connectivity index is 1.70. The number of thioether (sulfide) groups is 1. The number of carbonyl (C=O) groups excluding carboxylic acids is 1. The summed E-state index contributed by atoms with van der Waals surface area (Å²) in [4.78, 5) is 16.2. The normalized spacial score (nSPS) is 20.1. The van der Waals surface area contributed by atoms with Gasteiger partial charge in [0.1, 0.15) is 18.6 Å². The Kier molecular flexibility index (Phi) is 7.19. The van der Waals surface area contributed by atoms with Crippen molar-refractivity contribution in [2.45, 2.75) is 54.9 Å². The lowest BCUT2D eigenvalue weighted by Crippen LogP contribution is -2.35. The minimum Gasteiger partial charge on any atom is -0.491 e. The second-order valence-electron chi connectivity index (χ2n) is 8.62. The molecule has 1 aliphatic heterocycles. The van der Waals surface area contributed by atoms with E-state index in [2.05, 4.69) is 71.9 Å². The van der Waals surface area contributed by atoms with Crippen LogP contribution in [0, 0.1) is 5.41 Å². The fourth-order valence-corrected chi connectivity index (χ4v) is 5.59. The summed E-state index contributed by atoms with van der Waals surface area (Å²) in [5.41, 5.74) is 2.20. The lowest BCUT2D eigenvalue weighted by molar-refractivity contribution is -0.113. The van der Waals surface area contributed by atoms with Gasteiger partial charge in [0.25, 0.3) is 0 Å². The third kappa shape index (κ3) is 5.07. The van der Waals surface area contributed by atoms with E-state index < -0.39 is 0 Å². The summed E-state index contributed by atoms with van der Waals surface area (Å²) in [6, 6.07) is 15.6. The van der Waals surface area contributed by atoms with E-state index in [1.807, 2.05) is 11.9 Å². The number of anilines is 2. The number of likely N-dealkylation sites (N-methyl/N-ethyl adjacent to an activating group) is 1. The van der Waals surface area contributed by atoms with Crippen molar-refractivity contribution in [1.29, 1.82) is 0 Å². The first-order valence-electron chi connectivity index (χ1n) is 11.1. The fraction of sp³-hybridized carbons (Fsp3) is 0.480. The van der Waals surface area contributed by atoms with Crippen molar-refractivity contribution in [1.82, 2.24) is 4.31 Å². The van der Waals surface area contributed by atoms with Crippen LogP contribution < -0.4 is 9.64 Å². The van der Waals surface area contributed by atoms with Crippen molar-refractivity contribution in [2.24, 2.45) is 5.41 Å². The number of carbonyl (C=O) groups is 1. The topological polar surface area (TPSA) is 32.8 Å². The predicted octanol–water partition coefficient (Wildman–Crippen LogP) is 6.42. The predicted molar refractivity (Wildman–Crippen MR) is 132 cm³/mol. The lowest BCUT2D eigenvalue weighted by atomic mass is 10.1. The van der Waals surface area contributed by atoms with Gasteiger partial charge < -0.3 is 14.4 Å². The van der Waals surface area contributed by atoms with Gasteiger partial charge in [0, 0.05) is 18.3 Å². The van der Waals surface area contributed by atoms with Crippen LogP contribution in [0.25, 0.3) is 0 Å². The molecule has 1 saturated carbocycles. The molecule has 0 amide bonds. The maximum Gasteiger partial charge on any atom is 0.134 e. The van der Waals surface area contributed by atoms with Gasteiger partial charge in [-0.3, -0.25) is 0 Å². The van der Waals surface area contributed by atoms with Crippen LogP contribution in [0.4, 0.5) is 11.4 Å². The van der Waals surface area contributed by atoms with Crippen LogP contribution in [-0.2, 0) is 4.79 Å². The van der Waals surface area contributed by atoms with Crippen molar-refractivity contribution >= 4 is 41.4 Å². The highest BCUT2D eigenvalue weighted by Gasteiger charge is 2.43. The second-order valence-corrected chi connectivity index (χ2v) is 10.7. The van der Waals surface area contributed by atoms with Crippen LogP contribution in [0.5, 0.6) is 5.75 Å². The molecule has 0 spiro atoms. The number of unbranched alkanes of at least 4 members (excludes halogenated alkanes) is 1. The molecule has 2 aliphatic rings. The zero-order valence-electron chi connectivity index (χ0n) is 18.7. The third-order valence-corrected chi connectivity index (χ3v) is 8.17. The molecule has 1 fully saturated rings. The zero-order chi connectivity index (χ0) is 21.8. The van der Waals surface area contributed by atoms with Crippen LogP contribution in [0.2, 0.25) is 0 Å². The maximum absolute atomic E-state index is 11.4. The number of aldehydes is 1. The molecule has 166 valence electrons. The Hall–Kier alpha value is -1.63. The SMILES string of the molecule is CCCCC1CN(c2ccccc2)c2cc(SC)c(OCC3(C=O)CC3)cc2SN1C. The van der Waals surface area contributed by atoms with Crippen molar-refractivity contribution in [3.05, 3.63) is 42.5 Å². The smallest absolute Gasteiger partial charge is 0.134 e. The van der Waals surface area contributed by atoms with Gasteiger partial charge in [-0.2, -0.15) is 0 Å². The first-order chi connectivity index (χ1) is 15.1. The molecule has 1 heterocycles. The minimum atomic E-state index is -0.256. The highest BCUT2D eigenvalue weighted by Crippen LogP contribution is 2.48. The van der Waals surface area contributed by atoms with Crippen molar-refractivity contribution in [2.75, 3.05) is 31.4 Å². The molecule has 6 heteroatoms. The molecule has 2 aromatic rings. The molecule has 1 unspecified atom stereocenters. The van der Waals surface area contributed by atoms with Gasteiger partial charge in [-0.25, -0.2) is 4.31 Å².